The van der Waals surface area contributed by atoms with Gasteiger partial charge in [-0.15, -0.1) is 0 Å². The highest BCUT2D eigenvalue weighted by Gasteiger charge is 2.32. The van der Waals surface area contributed by atoms with E-state index in [-0.39, 0.29) is 6.54 Å². The fourth-order valence-corrected chi connectivity index (χ4v) is 2.08. The summed E-state index contributed by atoms with van der Waals surface area (Å²) in [6.07, 6.45) is 0. The molecule has 0 aliphatic carbocycles. The lowest BCUT2D eigenvalue weighted by molar-refractivity contribution is 0.0872. The van der Waals surface area contributed by atoms with Gasteiger partial charge in [0.05, 0.1) is 7.11 Å². The zero-order valence-corrected chi connectivity index (χ0v) is 10.3. The molecule has 0 aliphatic rings. The molecule has 0 aromatic heterocycles. The minimum absolute atomic E-state index is 0.0946. The Bertz CT molecular complexity index is 513. The van der Waals surface area contributed by atoms with Crippen LogP contribution >= 0.6 is 0 Å². The quantitative estimate of drug-likeness (QED) is 0.862. The van der Waals surface area contributed by atoms with Gasteiger partial charge in [-0.2, -0.15) is 0 Å². The molecule has 0 aliphatic heterocycles. The Morgan fingerprint density at radius 2 is 1.67 bits per heavy atom. The van der Waals surface area contributed by atoms with Gasteiger partial charge >= 0.3 is 0 Å². The fraction of sp³-hybridized carbons (Fsp3) is 0.200. The van der Waals surface area contributed by atoms with Crippen molar-refractivity contribution >= 4 is 0 Å². The van der Waals surface area contributed by atoms with Gasteiger partial charge in [-0.3, -0.25) is 0 Å². The minimum atomic E-state index is -1.23. The van der Waals surface area contributed by atoms with Crippen LogP contribution in [0.5, 0.6) is 5.75 Å². The van der Waals surface area contributed by atoms with Gasteiger partial charge < -0.3 is 15.6 Å². The van der Waals surface area contributed by atoms with Gasteiger partial charge in [-0.05, 0) is 11.6 Å². The molecule has 2 aromatic rings. The maximum absolute atomic E-state index is 10.9. The van der Waals surface area contributed by atoms with Crippen molar-refractivity contribution in [2.75, 3.05) is 13.7 Å². The van der Waals surface area contributed by atoms with Crippen molar-refractivity contribution in [3.05, 3.63) is 65.7 Å². The molecule has 0 amide bonds. The Hall–Kier alpha value is -1.84. The van der Waals surface area contributed by atoms with E-state index in [1.54, 1.807) is 7.11 Å². The predicted octanol–water partition coefficient (Wildman–Crippen LogP) is 1.89. The van der Waals surface area contributed by atoms with Crippen molar-refractivity contribution < 1.29 is 9.84 Å². The van der Waals surface area contributed by atoms with E-state index < -0.39 is 5.60 Å². The molecule has 3 N–H and O–H groups in total. The number of methoxy groups -OCH3 is 1. The molecule has 0 saturated carbocycles. The largest absolute Gasteiger partial charge is 0.496 e. The number of rotatable bonds is 4. The fourth-order valence-electron chi connectivity index (χ4n) is 2.08. The molecule has 0 fully saturated rings. The summed E-state index contributed by atoms with van der Waals surface area (Å²) in [5, 5.41) is 10.9. The first-order chi connectivity index (χ1) is 8.72. The van der Waals surface area contributed by atoms with Crippen LogP contribution in [0.15, 0.2) is 54.6 Å². The number of para-hydroxylation sites is 1. The number of hydrogen-bond acceptors (Lipinski definition) is 3. The molecule has 0 bridgehead atoms. The van der Waals surface area contributed by atoms with E-state index in [9.17, 15) is 5.11 Å². The molecule has 0 saturated heterocycles. The molecule has 94 valence electrons. The Balaban J connectivity index is 2.57. The monoisotopic (exact) mass is 243 g/mol. The second-order valence-electron chi connectivity index (χ2n) is 4.13. The number of nitrogens with two attached hydrogens (primary N) is 1. The van der Waals surface area contributed by atoms with Crippen molar-refractivity contribution in [1.82, 2.24) is 0 Å². The first-order valence-electron chi connectivity index (χ1n) is 5.84. The van der Waals surface area contributed by atoms with Crippen LogP contribution in [0.25, 0.3) is 0 Å². The zero-order valence-electron chi connectivity index (χ0n) is 10.3. The summed E-state index contributed by atoms with van der Waals surface area (Å²) in [5.74, 6) is 0.634. The number of benzene rings is 2. The van der Waals surface area contributed by atoms with Crippen LogP contribution in [0.1, 0.15) is 11.1 Å². The maximum atomic E-state index is 10.9. The molecule has 2 rings (SSSR count). The van der Waals surface area contributed by atoms with Gasteiger partial charge in [0, 0.05) is 12.1 Å². The molecule has 0 radical (unpaired) electrons. The lowest BCUT2D eigenvalue weighted by Crippen LogP contribution is -2.36. The Morgan fingerprint density at radius 1 is 1.06 bits per heavy atom. The van der Waals surface area contributed by atoms with Crippen LogP contribution in [0.4, 0.5) is 0 Å². The summed E-state index contributed by atoms with van der Waals surface area (Å²) in [6.45, 7) is 0.0946. The van der Waals surface area contributed by atoms with Crippen LogP contribution < -0.4 is 10.5 Å². The van der Waals surface area contributed by atoms with Crippen LogP contribution in [-0.4, -0.2) is 18.8 Å². The van der Waals surface area contributed by atoms with Crippen molar-refractivity contribution in [1.29, 1.82) is 0 Å². The first-order valence-corrected chi connectivity index (χ1v) is 5.84. The zero-order chi connectivity index (χ0) is 13.0. The standard InChI is InChI=1S/C15H17NO2/c1-18-14-10-6-5-9-13(14)15(17,11-16)12-7-3-2-4-8-12/h2-10,17H,11,16H2,1H3. The highest BCUT2D eigenvalue weighted by atomic mass is 16.5. The molecule has 1 unspecified atom stereocenters. The topological polar surface area (TPSA) is 55.5 Å². The van der Waals surface area contributed by atoms with Gasteiger partial charge in [0.25, 0.3) is 0 Å². The van der Waals surface area contributed by atoms with E-state index in [4.69, 9.17) is 10.5 Å². The van der Waals surface area contributed by atoms with Crippen molar-refractivity contribution in [3.8, 4) is 5.75 Å². The second kappa shape index (κ2) is 5.21. The number of aliphatic hydroxyl groups is 1. The molecule has 1 atom stereocenters. The smallest absolute Gasteiger partial charge is 0.130 e. The summed E-state index contributed by atoms with van der Waals surface area (Å²) in [7, 11) is 1.58. The highest BCUT2D eigenvalue weighted by molar-refractivity contribution is 5.45. The van der Waals surface area contributed by atoms with Gasteiger partial charge in [-0.25, -0.2) is 0 Å². The molecular formula is C15H17NO2. The second-order valence-corrected chi connectivity index (χ2v) is 4.13. The summed E-state index contributed by atoms with van der Waals surface area (Å²) in [4.78, 5) is 0. The van der Waals surface area contributed by atoms with Gasteiger partial charge in [0.1, 0.15) is 11.4 Å². The number of hydrogen-bond donors (Lipinski definition) is 2. The van der Waals surface area contributed by atoms with Crippen LogP contribution in [0.2, 0.25) is 0 Å². The van der Waals surface area contributed by atoms with E-state index in [0.717, 1.165) is 5.56 Å². The van der Waals surface area contributed by atoms with Gasteiger partial charge in [0.2, 0.25) is 0 Å². The molecule has 0 spiro atoms. The van der Waals surface area contributed by atoms with Crippen LogP contribution in [0.3, 0.4) is 0 Å². The first kappa shape index (κ1) is 12.6. The third-order valence-corrected chi connectivity index (χ3v) is 3.10. The van der Waals surface area contributed by atoms with Crippen LogP contribution in [-0.2, 0) is 5.60 Å². The molecule has 0 heterocycles. The minimum Gasteiger partial charge on any atom is -0.496 e. The lowest BCUT2D eigenvalue weighted by Gasteiger charge is -2.29. The third kappa shape index (κ3) is 2.10. The summed E-state index contributed by atoms with van der Waals surface area (Å²) >= 11 is 0. The number of ether oxygens (including phenoxy) is 1. The average Bonchev–Trinajstić information content (AvgIpc) is 2.47. The summed E-state index contributed by atoms with van der Waals surface area (Å²) < 4.78 is 5.30. The van der Waals surface area contributed by atoms with Gasteiger partial charge in [0.15, 0.2) is 0 Å². The van der Waals surface area contributed by atoms with E-state index in [0.29, 0.717) is 11.3 Å². The summed E-state index contributed by atoms with van der Waals surface area (Å²) in [6, 6.07) is 16.8. The van der Waals surface area contributed by atoms with E-state index >= 15 is 0 Å². The van der Waals surface area contributed by atoms with E-state index in [1.165, 1.54) is 0 Å². The molecule has 2 aromatic carbocycles. The Morgan fingerprint density at radius 3 is 2.28 bits per heavy atom. The van der Waals surface area contributed by atoms with Gasteiger partial charge in [-0.1, -0.05) is 48.5 Å². The SMILES string of the molecule is COc1ccccc1C(O)(CN)c1ccccc1. The maximum Gasteiger partial charge on any atom is 0.130 e. The van der Waals surface area contributed by atoms with E-state index in [2.05, 4.69) is 0 Å². The lowest BCUT2D eigenvalue weighted by atomic mass is 9.86. The third-order valence-electron chi connectivity index (χ3n) is 3.10. The van der Waals surface area contributed by atoms with E-state index in [1.807, 2.05) is 54.6 Å². The molecule has 18 heavy (non-hydrogen) atoms. The normalized spacial score (nSPS) is 13.9. The average molecular weight is 243 g/mol. The Kier molecular flexibility index (Phi) is 3.65. The van der Waals surface area contributed by atoms with Crippen molar-refractivity contribution in [2.24, 2.45) is 5.73 Å². The summed E-state index contributed by atoms with van der Waals surface area (Å²) in [5.41, 5.74) is 6.00. The molecule has 3 nitrogen and oxygen atoms in total. The van der Waals surface area contributed by atoms with Crippen molar-refractivity contribution in [2.45, 2.75) is 5.60 Å². The molecular weight excluding hydrogens is 226 g/mol. The predicted molar refractivity (Wildman–Crippen MR) is 71.5 cm³/mol. The molecule has 3 heteroatoms. The van der Waals surface area contributed by atoms with Crippen molar-refractivity contribution in [3.63, 3.8) is 0 Å². The Labute approximate surface area is 107 Å². The van der Waals surface area contributed by atoms with Crippen LogP contribution in [0, 0.1) is 0 Å². The highest BCUT2D eigenvalue weighted by Crippen LogP contribution is 2.34.